The number of aliphatic carboxylic acids is 1. The number of rotatable bonds is 11. The maximum atomic E-state index is 13.0. The summed E-state index contributed by atoms with van der Waals surface area (Å²) in [5, 5.41) is 27.6. The average molecular weight is 492 g/mol. The molecule has 0 bridgehead atoms. The third kappa shape index (κ3) is 6.06. The van der Waals surface area contributed by atoms with Crippen LogP contribution in [0.5, 0.6) is 17.2 Å². The van der Waals surface area contributed by atoms with Crippen molar-refractivity contribution in [3.05, 3.63) is 53.7 Å². The number of nitrogens with one attached hydrogen (secondary N) is 1. The molecular formula is C25H27F3N2O5. The van der Waals surface area contributed by atoms with E-state index in [1.807, 2.05) is 19.9 Å². The first-order valence-electron chi connectivity index (χ1n) is 11.1. The maximum absolute atomic E-state index is 13.0. The second-order valence-electron chi connectivity index (χ2n) is 8.31. The van der Waals surface area contributed by atoms with Gasteiger partial charge in [-0.05, 0) is 36.8 Å². The number of benzene rings is 2. The summed E-state index contributed by atoms with van der Waals surface area (Å²) in [7, 11) is 0. The molecule has 35 heavy (non-hydrogen) atoms. The summed E-state index contributed by atoms with van der Waals surface area (Å²) in [5.74, 6) is -0.791. The summed E-state index contributed by atoms with van der Waals surface area (Å²) in [6.07, 6.45) is -2.33. The van der Waals surface area contributed by atoms with E-state index in [-0.39, 0.29) is 37.0 Å². The molecule has 3 rings (SSSR count). The first-order valence-corrected chi connectivity index (χ1v) is 11.1. The number of carboxylic acid groups (broad SMARTS) is 1. The van der Waals surface area contributed by atoms with Crippen LogP contribution in [0.3, 0.4) is 0 Å². The Hall–Kier alpha value is -3.69. The SMILES string of the molecule is CCCc1c(OCC(C)COc2cccc3c2ccn3CC(=O)O)ccc(C(=N)C(F)(F)F)c1O. The Morgan fingerprint density at radius 3 is 2.43 bits per heavy atom. The largest absolute Gasteiger partial charge is 0.507 e. The van der Waals surface area contributed by atoms with Gasteiger partial charge in [-0.1, -0.05) is 26.3 Å². The van der Waals surface area contributed by atoms with Crippen molar-refractivity contribution in [2.45, 2.75) is 39.4 Å². The van der Waals surface area contributed by atoms with Crippen LogP contribution in [0, 0.1) is 11.3 Å². The van der Waals surface area contributed by atoms with Crippen LogP contribution in [0.25, 0.3) is 10.9 Å². The normalized spacial score (nSPS) is 12.5. The predicted octanol–water partition coefficient (Wildman–Crippen LogP) is 5.41. The van der Waals surface area contributed by atoms with Crippen LogP contribution in [0.15, 0.2) is 42.6 Å². The molecular weight excluding hydrogens is 465 g/mol. The highest BCUT2D eigenvalue weighted by atomic mass is 19.4. The number of ether oxygens (including phenoxy) is 2. The van der Waals surface area contributed by atoms with Gasteiger partial charge in [-0.25, -0.2) is 0 Å². The standard InChI is InChI=1S/C25H27F3N2O5/c1-3-5-17-21(9-8-18(23(17)33)24(29)25(26,27)28)35-14-15(2)13-34-20-7-4-6-19-16(20)10-11-30(19)12-22(31)32/h4,6-11,15,29,33H,3,5,12-14H2,1-2H3,(H,31,32). The van der Waals surface area contributed by atoms with E-state index < -0.39 is 29.2 Å². The van der Waals surface area contributed by atoms with E-state index in [4.69, 9.17) is 20.0 Å². The number of aromatic nitrogens is 1. The number of hydrogen-bond donors (Lipinski definition) is 3. The minimum absolute atomic E-state index is 0.115. The highest BCUT2D eigenvalue weighted by molar-refractivity contribution is 6.04. The van der Waals surface area contributed by atoms with Gasteiger partial charge in [0.05, 0.1) is 18.7 Å². The average Bonchev–Trinajstić information content (AvgIpc) is 3.20. The number of hydrogen-bond acceptors (Lipinski definition) is 5. The third-order valence-corrected chi connectivity index (χ3v) is 5.42. The molecule has 1 unspecified atom stereocenters. The Balaban J connectivity index is 1.68. The molecule has 0 aliphatic heterocycles. The zero-order valence-corrected chi connectivity index (χ0v) is 19.4. The minimum atomic E-state index is -4.87. The minimum Gasteiger partial charge on any atom is -0.507 e. The molecule has 0 aliphatic rings. The van der Waals surface area contributed by atoms with Gasteiger partial charge in [0.15, 0.2) is 0 Å². The van der Waals surface area contributed by atoms with E-state index in [0.29, 0.717) is 18.6 Å². The molecule has 0 aliphatic carbocycles. The van der Waals surface area contributed by atoms with Gasteiger partial charge in [0.2, 0.25) is 0 Å². The van der Waals surface area contributed by atoms with Gasteiger partial charge in [-0.2, -0.15) is 13.2 Å². The van der Waals surface area contributed by atoms with Crippen molar-refractivity contribution >= 4 is 22.6 Å². The molecule has 1 heterocycles. The highest BCUT2D eigenvalue weighted by Gasteiger charge is 2.37. The van der Waals surface area contributed by atoms with Gasteiger partial charge in [0.1, 0.15) is 29.5 Å². The summed E-state index contributed by atoms with van der Waals surface area (Å²) < 4.78 is 52.2. The molecule has 3 aromatic rings. The van der Waals surface area contributed by atoms with Gasteiger partial charge in [0.25, 0.3) is 0 Å². The summed E-state index contributed by atoms with van der Waals surface area (Å²) >= 11 is 0. The second-order valence-corrected chi connectivity index (χ2v) is 8.31. The number of aromatic hydroxyl groups is 1. The Bertz CT molecular complexity index is 1220. The quantitative estimate of drug-likeness (QED) is 0.311. The zero-order chi connectivity index (χ0) is 25.8. The van der Waals surface area contributed by atoms with E-state index in [1.165, 1.54) is 6.07 Å². The van der Waals surface area contributed by atoms with Crippen molar-refractivity contribution in [2.75, 3.05) is 13.2 Å². The van der Waals surface area contributed by atoms with Crippen molar-refractivity contribution < 1.29 is 37.7 Å². The van der Waals surface area contributed by atoms with Crippen molar-refractivity contribution in [2.24, 2.45) is 5.92 Å². The molecule has 0 radical (unpaired) electrons. The first kappa shape index (κ1) is 25.9. The third-order valence-electron chi connectivity index (χ3n) is 5.42. The lowest BCUT2D eigenvalue weighted by atomic mass is 10.00. The number of phenols is 1. The summed E-state index contributed by atoms with van der Waals surface area (Å²) in [4.78, 5) is 11.0. The van der Waals surface area contributed by atoms with Gasteiger partial charge < -0.3 is 24.3 Å². The molecule has 1 aromatic heterocycles. The van der Waals surface area contributed by atoms with Crippen molar-refractivity contribution in [1.82, 2.24) is 4.57 Å². The molecule has 10 heteroatoms. The van der Waals surface area contributed by atoms with Crippen molar-refractivity contribution in [3.8, 4) is 17.2 Å². The number of carbonyl (C=O) groups is 1. The molecule has 1 atom stereocenters. The lowest BCUT2D eigenvalue weighted by Crippen LogP contribution is -2.23. The fraction of sp³-hybridized carbons (Fsp3) is 0.360. The van der Waals surface area contributed by atoms with Gasteiger partial charge in [0, 0.05) is 28.6 Å². The molecule has 0 fully saturated rings. The van der Waals surface area contributed by atoms with Crippen LogP contribution in [0.4, 0.5) is 13.2 Å². The fourth-order valence-corrected chi connectivity index (χ4v) is 3.72. The molecule has 0 saturated heterocycles. The zero-order valence-electron chi connectivity index (χ0n) is 19.4. The van der Waals surface area contributed by atoms with Crippen LogP contribution < -0.4 is 9.47 Å². The van der Waals surface area contributed by atoms with Crippen LogP contribution in [-0.4, -0.2) is 45.9 Å². The molecule has 0 spiro atoms. The molecule has 3 N–H and O–H groups in total. The Morgan fingerprint density at radius 1 is 1.11 bits per heavy atom. The summed E-state index contributed by atoms with van der Waals surface area (Å²) in [6, 6.07) is 9.54. The number of halogens is 3. The van der Waals surface area contributed by atoms with E-state index in [1.54, 1.807) is 29.0 Å². The van der Waals surface area contributed by atoms with Crippen molar-refractivity contribution in [3.63, 3.8) is 0 Å². The van der Waals surface area contributed by atoms with Gasteiger partial charge in [-0.15, -0.1) is 0 Å². The molecule has 2 aromatic carbocycles. The maximum Gasteiger partial charge on any atom is 0.433 e. The van der Waals surface area contributed by atoms with Gasteiger partial charge >= 0.3 is 12.1 Å². The number of alkyl halides is 3. The van der Waals surface area contributed by atoms with Crippen LogP contribution in [-0.2, 0) is 17.8 Å². The molecule has 7 nitrogen and oxygen atoms in total. The fourth-order valence-electron chi connectivity index (χ4n) is 3.72. The number of carboxylic acids is 1. The van der Waals surface area contributed by atoms with E-state index in [2.05, 4.69) is 0 Å². The number of phenolic OH excluding ortho intramolecular Hbond substituents is 1. The number of nitrogens with zero attached hydrogens (tertiary/aromatic N) is 1. The Labute approximate surface area is 200 Å². The number of fused-ring (bicyclic) bond motifs is 1. The highest BCUT2D eigenvalue weighted by Crippen LogP contribution is 2.36. The van der Waals surface area contributed by atoms with Gasteiger partial charge in [-0.3, -0.25) is 10.2 Å². The summed E-state index contributed by atoms with van der Waals surface area (Å²) in [5.41, 5.74) is -1.21. The Kier molecular flexibility index (Phi) is 7.93. The first-order chi connectivity index (χ1) is 16.5. The topological polar surface area (TPSA) is 105 Å². The predicted molar refractivity (Wildman–Crippen MR) is 125 cm³/mol. The molecule has 188 valence electrons. The lowest BCUT2D eigenvalue weighted by molar-refractivity contribution is -0.137. The van der Waals surface area contributed by atoms with Crippen LogP contribution in [0.1, 0.15) is 31.4 Å². The van der Waals surface area contributed by atoms with Crippen molar-refractivity contribution in [1.29, 1.82) is 5.41 Å². The monoisotopic (exact) mass is 492 g/mol. The van der Waals surface area contributed by atoms with Crippen LogP contribution in [0.2, 0.25) is 0 Å². The van der Waals surface area contributed by atoms with Crippen LogP contribution >= 0.6 is 0 Å². The van der Waals surface area contributed by atoms with E-state index in [0.717, 1.165) is 17.0 Å². The lowest BCUT2D eigenvalue weighted by Gasteiger charge is -2.19. The molecule has 0 saturated carbocycles. The van der Waals surface area contributed by atoms with E-state index in [9.17, 15) is 23.1 Å². The molecule has 0 amide bonds. The smallest absolute Gasteiger partial charge is 0.433 e. The Morgan fingerprint density at radius 2 is 1.80 bits per heavy atom. The second kappa shape index (κ2) is 10.7. The van der Waals surface area contributed by atoms with E-state index >= 15 is 0 Å². The summed E-state index contributed by atoms with van der Waals surface area (Å²) in [6.45, 7) is 4.00.